The molecule has 1 N–H and O–H groups in total. The first-order chi connectivity index (χ1) is 8.74. The number of likely N-dealkylation sites (N-methyl/N-ethyl adjacent to an activating group) is 1. The van der Waals surface area contributed by atoms with Gasteiger partial charge in [0.1, 0.15) is 0 Å². The molecule has 0 aromatic carbocycles. The molecule has 0 aromatic heterocycles. The van der Waals surface area contributed by atoms with E-state index in [9.17, 15) is 0 Å². The van der Waals surface area contributed by atoms with E-state index in [4.69, 9.17) is 0 Å². The first kappa shape index (κ1) is 14.3. The summed E-state index contributed by atoms with van der Waals surface area (Å²) in [5, 5.41) is 3.76. The Morgan fingerprint density at radius 3 is 2.61 bits per heavy atom. The van der Waals surface area contributed by atoms with E-state index in [0.29, 0.717) is 0 Å². The molecule has 3 nitrogen and oxygen atoms in total. The second kappa shape index (κ2) is 6.88. The molecule has 2 rings (SSSR count). The van der Waals surface area contributed by atoms with Crippen molar-refractivity contribution < 1.29 is 0 Å². The molecule has 2 fully saturated rings. The van der Waals surface area contributed by atoms with Gasteiger partial charge in [-0.15, -0.1) is 0 Å². The zero-order chi connectivity index (χ0) is 13.0. The molecule has 106 valence electrons. The monoisotopic (exact) mass is 253 g/mol. The summed E-state index contributed by atoms with van der Waals surface area (Å²) in [6, 6.07) is 2.47. The Morgan fingerprint density at radius 1 is 1.22 bits per heavy atom. The first-order valence-corrected chi connectivity index (χ1v) is 7.96. The number of nitrogens with zero attached hydrogens (tertiary/aromatic N) is 2. The summed E-state index contributed by atoms with van der Waals surface area (Å²) in [4.78, 5) is 5.27. The van der Waals surface area contributed by atoms with Crippen molar-refractivity contribution in [2.24, 2.45) is 0 Å². The highest BCUT2D eigenvalue weighted by atomic mass is 15.3. The van der Waals surface area contributed by atoms with Crippen molar-refractivity contribution in [3.63, 3.8) is 0 Å². The molecule has 1 aliphatic heterocycles. The Kier molecular flexibility index (Phi) is 5.46. The molecule has 2 atom stereocenters. The van der Waals surface area contributed by atoms with E-state index in [2.05, 4.69) is 35.9 Å². The highest BCUT2D eigenvalue weighted by molar-refractivity contribution is 4.95. The summed E-state index contributed by atoms with van der Waals surface area (Å²) in [6.07, 6.45) is 5.49. The summed E-state index contributed by atoms with van der Waals surface area (Å²) in [6.45, 7) is 13.0. The third-order valence-corrected chi connectivity index (χ3v) is 4.49. The van der Waals surface area contributed by atoms with Crippen LogP contribution in [-0.2, 0) is 0 Å². The van der Waals surface area contributed by atoms with Crippen LogP contribution in [0.5, 0.6) is 0 Å². The number of hydrogen-bond acceptors (Lipinski definition) is 3. The molecule has 2 unspecified atom stereocenters. The van der Waals surface area contributed by atoms with Gasteiger partial charge in [-0.05, 0) is 45.7 Å². The topological polar surface area (TPSA) is 18.5 Å². The van der Waals surface area contributed by atoms with Crippen molar-refractivity contribution in [3.8, 4) is 0 Å². The van der Waals surface area contributed by atoms with Crippen LogP contribution >= 0.6 is 0 Å². The second-order valence-corrected chi connectivity index (χ2v) is 6.10. The van der Waals surface area contributed by atoms with Crippen LogP contribution in [0.15, 0.2) is 0 Å². The van der Waals surface area contributed by atoms with Crippen LogP contribution in [0.4, 0.5) is 0 Å². The lowest BCUT2D eigenvalue weighted by Crippen LogP contribution is -2.39. The minimum Gasteiger partial charge on any atom is -0.311 e. The van der Waals surface area contributed by atoms with E-state index < -0.39 is 0 Å². The van der Waals surface area contributed by atoms with Crippen molar-refractivity contribution in [1.82, 2.24) is 15.1 Å². The van der Waals surface area contributed by atoms with E-state index in [1.165, 1.54) is 51.9 Å². The normalized spacial score (nSPS) is 29.3. The maximum absolute atomic E-state index is 3.76. The van der Waals surface area contributed by atoms with Crippen molar-refractivity contribution in [2.75, 3.05) is 32.7 Å². The van der Waals surface area contributed by atoms with Crippen molar-refractivity contribution in [3.05, 3.63) is 0 Å². The zero-order valence-electron chi connectivity index (χ0n) is 12.5. The van der Waals surface area contributed by atoms with E-state index in [1.54, 1.807) is 0 Å². The zero-order valence-corrected chi connectivity index (χ0v) is 12.5. The molecule has 1 saturated heterocycles. The van der Waals surface area contributed by atoms with E-state index in [-0.39, 0.29) is 0 Å². The maximum atomic E-state index is 3.76. The van der Waals surface area contributed by atoms with Crippen LogP contribution in [0.1, 0.15) is 46.5 Å². The number of hydrogen-bond donors (Lipinski definition) is 1. The van der Waals surface area contributed by atoms with Crippen LogP contribution in [0.3, 0.4) is 0 Å². The van der Waals surface area contributed by atoms with Crippen LogP contribution < -0.4 is 5.32 Å². The summed E-state index contributed by atoms with van der Waals surface area (Å²) in [5.74, 6) is 0. The lowest BCUT2D eigenvalue weighted by atomic mass is 10.2. The molecule has 2 aliphatic rings. The van der Waals surface area contributed by atoms with Crippen molar-refractivity contribution in [1.29, 1.82) is 0 Å². The molecule has 0 bridgehead atoms. The van der Waals surface area contributed by atoms with Gasteiger partial charge >= 0.3 is 0 Å². The Labute approximate surface area is 113 Å². The van der Waals surface area contributed by atoms with Gasteiger partial charge in [0.25, 0.3) is 0 Å². The fraction of sp³-hybridized carbons (Fsp3) is 1.00. The van der Waals surface area contributed by atoms with Gasteiger partial charge in [0.2, 0.25) is 0 Å². The lowest BCUT2D eigenvalue weighted by Gasteiger charge is -2.21. The fourth-order valence-corrected chi connectivity index (χ4v) is 3.29. The third-order valence-electron chi connectivity index (χ3n) is 4.49. The average Bonchev–Trinajstić information content (AvgIpc) is 3.13. The third kappa shape index (κ3) is 3.94. The van der Waals surface area contributed by atoms with Crippen molar-refractivity contribution >= 4 is 0 Å². The molecular weight excluding hydrogens is 222 g/mol. The standard InChI is InChI=1S/C15H31N3/c1-4-9-17(5-2)10-8-16-14-11-13(3)18(12-14)15-6-7-15/h13-16H,4-12H2,1-3H3. The maximum Gasteiger partial charge on any atom is 0.0210 e. The minimum absolute atomic E-state index is 0.737. The van der Waals surface area contributed by atoms with Gasteiger partial charge < -0.3 is 10.2 Å². The summed E-state index contributed by atoms with van der Waals surface area (Å²) >= 11 is 0. The number of likely N-dealkylation sites (tertiary alicyclic amines) is 1. The first-order valence-electron chi connectivity index (χ1n) is 7.96. The number of nitrogens with one attached hydrogen (secondary N) is 1. The highest BCUT2D eigenvalue weighted by Crippen LogP contribution is 2.33. The lowest BCUT2D eigenvalue weighted by molar-refractivity contribution is 0.252. The predicted octanol–water partition coefficient (Wildman–Crippen LogP) is 1.93. The highest BCUT2D eigenvalue weighted by Gasteiger charge is 2.38. The van der Waals surface area contributed by atoms with E-state index in [0.717, 1.165) is 24.7 Å². The molecule has 0 aromatic rings. The van der Waals surface area contributed by atoms with E-state index in [1.807, 2.05) is 0 Å². The van der Waals surface area contributed by atoms with Gasteiger partial charge in [0, 0.05) is 37.8 Å². The molecule has 0 radical (unpaired) electrons. The summed E-state index contributed by atoms with van der Waals surface area (Å²) in [5.41, 5.74) is 0. The van der Waals surface area contributed by atoms with Crippen LogP contribution in [0.25, 0.3) is 0 Å². The number of rotatable bonds is 8. The van der Waals surface area contributed by atoms with Crippen LogP contribution in [0, 0.1) is 0 Å². The second-order valence-electron chi connectivity index (χ2n) is 6.10. The molecule has 0 spiro atoms. The average molecular weight is 253 g/mol. The molecule has 1 aliphatic carbocycles. The van der Waals surface area contributed by atoms with Gasteiger partial charge in [-0.1, -0.05) is 13.8 Å². The molecule has 3 heteroatoms. The Bertz CT molecular complexity index is 240. The summed E-state index contributed by atoms with van der Waals surface area (Å²) < 4.78 is 0. The summed E-state index contributed by atoms with van der Waals surface area (Å²) in [7, 11) is 0. The molecular formula is C15H31N3. The van der Waals surface area contributed by atoms with Gasteiger partial charge in [0.05, 0.1) is 0 Å². The largest absolute Gasteiger partial charge is 0.311 e. The Morgan fingerprint density at radius 2 is 2.00 bits per heavy atom. The van der Waals surface area contributed by atoms with Gasteiger partial charge in [-0.3, -0.25) is 4.90 Å². The molecule has 1 saturated carbocycles. The van der Waals surface area contributed by atoms with Crippen LogP contribution in [-0.4, -0.2) is 60.6 Å². The SMILES string of the molecule is CCCN(CC)CCNC1CC(C)N(C2CC2)C1. The minimum atomic E-state index is 0.737. The Hall–Kier alpha value is -0.120. The fourth-order valence-electron chi connectivity index (χ4n) is 3.29. The van der Waals surface area contributed by atoms with Gasteiger partial charge in [-0.25, -0.2) is 0 Å². The molecule has 0 amide bonds. The predicted molar refractivity (Wildman–Crippen MR) is 78.0 cm³/mol. The van der Waals surface area contributed by atoms with Crippen molar-refractivity contribution in [2.45, 2.75) is 64.6 Å². The molecule has 1 heterocycles. The smallest absolute Gasteiger partial charge is 0.0210 e. The molecule has 18 heavy (non-hydrogen) atoms. The quantitative estimate of drug-likeness (QED) is 0.713. The van der Waals surface area contributed by atoms with Crippen LogP contribution in [0.2, 0.25) is 0 Å². The Balaban J connectivity index is 1.62. The van der Waals surface area contributed by atoms with Gasteiger partial charge in [0.15, 0.2) is 0 Å². The van der Waals surface area contributed by atoms with Gasteiger partial charge in [-0.2, -0.15) is 0 Å². The van der Waals surface area contributed by atoms with E-state index >= 15 is 0 Å².